The topological polar surface area (TPSA) is 99.5 Å². The van der Waals surface area contributed by atoms with E-state index < -0.39 is 11.4 Å². The molecule has 4 rings (SSSR count). The van der Waals surface area contributed by atoms with Gasteiger partial charge in [-0.3, -0.25) is 14.4 Å². The Hall–Kier alpha value is -2.74. The second-order valence-electron chi connectivity index (χ2n) is 7.65. The lowest BCUT2D eigenvalue weighted by Gasteiger charge is -2.33. The molecule has 3 aliphatic rings. The summed E-state index contributed by atoms with van der Waals surface area (Å²) in [5.74, 6) is -1.48. The molecule has 0 aliphatic carbocycles. The minimum atomic E-state index is -0.942. The normalized spacial score (nSPS) is 27.4. The van der Waals surface area contributed by atoms with E-state index in [1.54, 1.807) is 4.90 Å². The fraction of sp³-hybridized carbons (Fsp3) is 0.500. The van der Waals surface area contributed by atoms with Gasteiger partial charge in [-0.05, 0) is 12.0 Å². The van der Waals surface area contributed by atoms with Crippen LogP contribution in [-0.2, 0) is 25.7 Å². The first-order valence-corrected chi connectivity index (χ1v) is 9.52. The Labute approximate surface area is 162 Å². The van der Waals surface area contributed by atoms with Crippen LogP contribution in [0.4, 0.5) is 0 Å². The number of benzene rings is 1. The number of hydrazone groups is 1. The molecule has 3 heterocycles. The molecule has 1 aromatic carbocycles. The summed E-state index contributed by atoms with van der Waals surface area (Å²) in [6.45, 7) is 1.57. The van der Waals surface area contributed by atoms with Crippen LogP contribution in [0.5, 0.6) is 0 Å². The number of carbonyl (C=O) groups excluding carboxylic acids is 2. The summed E-state index contributed by atoms with van der Waals surface area (Å²) in [7, 11) is 0. The lowest BCUT2D eigenvalue weighted by atomic mass is 9.74. The number of aliphatic carboxylic acids is 1. The lowest BCUT2D eigenvalue weighted by Crippen LogP contribution is -2.45. The van der Waals surface area contributed by atoms with Crippen molar-refractivity contribution in [2.75, 3.05) is 26.3 Å². The van der Waals surface area contributed by atoms with Crippen molar-refractivity contribution < 1.29 is 24.2 Å². The molecule has 2 saturated heterocycles. The molecule has 0 bridgehead atoms. The fourth-order valence-electron chi connectivity index (χ4n) is 4.27. The van der Waals surface area contributed by atoms with E-state index in [-0.39, 0.29) is 37.1 Å². The van der Waals surface area contributed by atoms with Crippen LogP contribution in [0.25, 0.3) is 0 Å². The highest BCUT2D eigenvalue weighted by atomic mass is 16.5. The van der Waals surface area contributed by atoms with Gasteiger partial charge < -0.3 is 14.7 Å². The SMILES string of the molecule is O=C(C1=NN(Cc2ccccc2)C(=O)CC1)N1C[C@H]2COCC[C@@]2(C(=O)O)C1. The standard InChI is InChI=1S/C20H23N3O5/c24-17-7-6-16(21-23(17)10-14-4-2-1-3-5-14)18(25)22-11-15-12-28-9-8-20(15,13-22)19(26)27/h1-5,15H,6-13H2,(H,26,27)/t15-,20+/m0/s1. The molecule has 2 fully saturated rings. The maximum Gasteiger partial charge on any atom is 0.311 e. The molecule has 0 radical (unpaired) electrons. The van der Waals surface area contributed by atoms with E-state index >= 15 is 0 Å². The van der Waals surface area contributed by atoms with Crippen molar-refractivity contribution in [3.63, 3.8) is 0 Å². The third kappa shape index (κ3) is 3.28. The summed E-state index contributed by atoms with van der Waals surface area (Å²) in [6.07, 6.45) is 0.907. The maximum atomic E-state index is 13.0. The van der Waals surface area contributed by atoms with E-state index in [0.717, 1.165) is 5.56 Å². The lowest BCUT2D eigenvalue weighted by molar-refractivity contribution is -0.157. The molecular weight excluding hydrogens is 362 g/mol. The summed E-state index contributed by atoms with van der Waals surface area (Å²) in [6, 6.07) is 9.48. The molecule has 3 aliphatic heterocycles. The molecule has 0 unspecified atom stereocenters. The van der Waals surface area contributed by atoms with Crippen molar-refractivity contribution in [2.24, 2.45) is 16.4 Å². The number of likely N-dealkylation sites (tertiary alicyclic amines) is 1. The van der Waals surface area contributed by atoms with E-state index in [4.69, 9.17) is 4.74 Å². The van der Waals surface area contributed by atoms with Crippen LogP contribution in [0.2, 0.25) is 0 Å². The Kier molecular flexibility index (Phi) is 4.89. The third-order valence-corrected chi connectivity index (χ3v) is 5.95. The van der Waals surface area contributed by atoms with Gasteiger partial charge in [0.05, 0.1) is 18.6 Å². The number of ether oxygens (including phenoxy) is 1. The molecule has 2 atom stereocenters. The van der Waals surface area contributed by atoms with Crippen LogP contribution in [0.1, 0.15) is 24.8 Å². The van der Waals surface area contributed by atoms with E-state index in [0.29, 0.717) is 38.4 Å². The molecule has 0 spiro atoms. The molecule has 2 amide bonds. The Bertz CT molecular complexity index is 824. The van der Waals surface area contributed by atoms with Gasteiger partial charge in [-0.15, -0.1) is 0 Å². The zero-order valence-electron chi connectivity index (χ0n) is 15.5. The molecule has 8 nitrogen and oxygen atoms in total. The van der Waals surface area contributed by atoms with Crippen LogP contribution >= 0.6 is 0 Å². The summed E-state index contributed by atoms with van der Waals surface area (Å²) in [4.78, 5) is 38.8. The largest absolute Gasteiger partial charge is 0.481 e. The predicted molar refractivity (Wildman–Crippen MR) is 99.2 cm³/mol. The number of carbonyl (C=O) groups is 3. The minimum Gasteiger partial charge on any atom is -0.481 e. The van der Waals surface area contributed by atoms with Gasteiger partial charge in [0.1, 0.15) is 5.71 Å². The Morgan fingerprint density at radius 3 is 2.75 bits per heavy atom. The average Bonchev–Trinajstić information content (AvgIpc) is 3.11. The number of amides is 2. The van der Waals surface area contributed by atoms with Crippen molar-refractivity contribution >= 4 is 23.5 Å². The zero-order valence-corrected chi connectivity index (χ0v) is 15.5. The number of carboxylic acid groups (broad SMARTS) is 1. The predicted octanol–water partition coefficient (Wildman–Crippen LogP) is 1.11. The summed E-state index contributed by atoms with van der Waals surface area (Å²) in [5, 5.41) is 15.4. The highest BCUT2D eigenvalue weighted by molar-refractivity contribution is 6.39. The summed E-state index contributed by atoms with van der Waals surface area (Å²) >= 11 is 0. The van der Waals surface area contributed by atoms with Crippen LogP contribution in [0.15, 0.2) is 35.4 Å². The van der Waals surface area contributed by atoms with Crippen molar-refractivity contribution in [3.05, 3.63) is 35.9 Å². The van der Waals surface area contributed by atoms with Crippen LogP contribution in [0, 0.1) is 11.3 Å². The first-order chi connectivity index (χ1) is 13.5. The van der Waals surface area contributed by atoms with E-state index in [2.05, 4.69) is 5.10 Å². The van der Waals surface area contributed by atoms with E-state index in [1.807, 2.05) is 30.3 Å². The van der Waals surface area contributed by atoms with Gasteiger partial charge in [-0.1, -0.05) is 30.3 Å². The molecule has 0 aromatic heterocycles. The number of hydrogen-bond donors (Lipinski definition) is 1. The number of hydrogen-bond acceptors (Lipinski definition) is 5. The Balaban J connectivity index is 1.52. The molecule has 1 aromatic rings. The van der Waals surface area contributed by atoms with Crippen molar-refractivity contribution in [1.29, 1.82) is 0 Å². The molecule has 0 saturated carbocycles. The number of nitrogens with zero attached hydrogens (tertiary/aromatic N) is 3. The Morgan fingerprint density at radius 2 is 2.04 bits per heavy atom. The first-order valence-electron chi connectivity index (χ1n) is 9.52. The second kappa shape index (κ2) is 7.35. The monoisotopic (exact) mass is 385 g/mol. The van der Waals surface area contributed by atoms with Gasteiger partial charge in [-0.2, -0.15) is 5.10 Å². The fourth-order valence-corrected chi connectivity index (χ4v) is 4.27. The minimum absolute atomic E-state index is 0.120. The highest BCUT2D eigenvalue weighted by Crippen LogP contribution is 2.42. The van der Waals surface area contributed by atoms with Gasteiger partial charge in [0, 0.05) is 38.5 Å². The van der Waals surface area contributed by atoms with Gasteiger partial charge in [-0.25, -0.2) is 5.01 Å². The van der Waals surface area contributed by atoms with Gasteiger partial charge >= 0.3 is 5.97 Å². The maximum absolute atomic E-state index is 13.0. The molecule has 1 N–H and O–H groups in total. The third-order valence-electron chi connectivity index (χ3n) is 5.95. The van der Waals surface area contributed by atoms with Gasteiger partial charge in [0.15, 0.2) is 0 Å². The average molecular weight is 385 g/mol. The van der Waals surface area contributed by atoms with Crippen LogP contribution in [-0.4, -0.2) is 64.8 Å². The highest BCUT2D eigenvalue weighted by Gasteiger charge is 2.55. The quantitative estimate of drug-likeness (QED) is 0.837. The molecule has 28 heavy (non-hydrogen) atoms. The molecule has 8 heteroatoms. The smallest absolute Gasteiger partial charge is 0.311 e. The number of fused-ring (bicyclic) bond motifs is 1. The van der Waals surface area contributed by atoms with Crippen molar-refractivity contribution in [3.8, 4) is 0 Å². The van der Waals surface area contributed by atoms with Gasteiger partial charge in [0.25, 0.3) is 5.91 Å². The Morgan fingerprint density at radius 1 is 1.25 bits per heavy atom. The second-order valence-corrected chi connectivity index (χ2v) is 7.65. The zero-order chi connectivity index (χ0) is 19.7. The van der Waals surface area contributed by atoms with Gasteiger partial charge in [0.2, 0.25) is 5.91 Å². The van der Waals surface area contributed by atoms with Crippen molar-refractivity contribution in [1.82, 2.24) is 9.91 Å². The van der Waals surface area contributed by atoms with E-state index in [9.17, 15) is 19.5 Å². The number of carboxylic acids is 1. The van der Waals surface area contributed by atoms with Crippen LogP contribution in [0.3, 0.4) is 0 Å². The van der Waals surface area contributed by atoms with E-state index in [1.165, 1.54) is 5.01 Å². The molecule has 148 valence electrons. The van der Waals surface area contributed by atoms with Crippen LogP contribution < -0.4 is 0 Å². The van der Waals surface area contributed by atoms with Crippen molar-refractivity contribution in [2.45, 2.75) is 25.8 Å². The summed E-state index contributed by atoms with van der Waals surface area (Å²) in [5.41, 5.74) is 0.306. The molecular formula is C20H23N3O5. The number of rotatable bonds is 4. The summed E-state index contributed by atoms with van der Waals surface area (Å²) < 4.78 is 5.45. The first kappa shape index (κ1) is 18.6.